The molecule has 0 aromatic heterocycles. The maximum absolute atomic E-state index is 11.3. The van der Waals surface area contributed by atoms with Gasteiger partial charge in [0.25, 0.3) is 0 Å². The largest absolute Gasteiger partial charge is 0.482 e. The molecule has 0 aliphatic carbocycles. The van der Waals surface area contributed by atoms with Gasteiger partial charge in [-0.3, -0.25) is 0 Å². The summed E-state index contributed by atoms with van der Waals surface area (Å²) in [5, 5.41) is 4.30. The van der Waals surface area contributed by atoms with Crippen molar-refractivity contribution in [2.45, 2.75) is 25.3 Å². The van der Waals surface area contributed by atoms with Gasteiger partial charge in [-0.1, -0.05) is 103 Å². The summed E-state index contributed by atoms with van der Waals surface area (Å²) in [7, 11) is 3.83. The van der Waals surface area contributed by atoms with Crippen LogP contribution in [-0.4, -0.2) is 51.3 Å². The van der Waals surface area contributed by atoms with E-state index in [2.05, 4.69) is 103 Å². The van der Waals surface area contributed by atoms with Crippen LogP contribution in [0.15, 0.2) is 115 Å². The molecule has 4 rings (SSSR count). The lowest BCUT2D eigenvalue weighted by atomic mass is 9.88. The molecule has 1 N–H and O–H groups in total. The molecule has 0 aliphatic heterocycles. The van der Waals surface area contributed by atoms with Gasteiger partial charge in [0.05, 0.1) is 0 Å². The van der Waals surface area contributed by atoms with E-state index in [0.29, 0.717) is 35.9 Å². The number of esters is 1. The first-order valence-electron chi connectivity index (χ1n) is 14.0. The van der Waals surface area contributed by atoms with Gasteiger partial charge in [0.2, 0.25) is 0 Å². The van der Waals surface area contributed by atoms with Gasteiger partial charge >= 0.3 is 5.97 Å². The van der Waals surface area contributed by atoms with Gasteiger partial charge < -0.3 is 19.7 Å². The molecule has 4 aromatic rings. The number of likely N-dealkylation sites (N-methyl/N-ethyl adjacent to an activating group) is 1. The van der Waals surface area contributed by atoms with E-state index in [1.54, 1.807) is 24.3 Å². The van der Waals surface area contributed by atoms with Gasteiger partial charge in [-0.2, -0.15) is 0 Å². The van der Waals surface area contributed by atoms with Gasteiger partial charge in [-0.25, -0.2) is 4.79 Å². The van der Waals surface area contributed by atoms with E-state index in [1.807, 2.05) is 19.0 Å². The summed E-state index contributed by atoms with van der Waals surface area (Å²) in [5.41, 5.74) is 4.12. The quantitative estimate of drug-likeness (QED) is 0.149. The van der Waals surface area contributed by atoms with Crippen molar-refractivity contribution in [1.29, 1.82) is 0 Å². The zero-order valence-electron chi connectivity index (χ0n) is 25.0. The fourth-order valence-electron chi connectivity index (χ4n) is 4.26. The standard InChI is InChI=1S/C23H25N.C12H16ClNO3.2ClH/c1-19(20-11-5-2-6-12-20)24-18-17-23(21-13-7-3-8-14-21)22-15-9-4-10-16-22;1-14(2)7-8-16-12(15)9-17-11-5-3-10(13)4-6-11;;/h2-16,19,23-24H,17-18H2,1H3;3-6H,7-9H2,1-2H3;2*1H. The highest BCUT2D eigenvalue weighted by molar-refractivity contribution is 6.30. The van der Waals surface area contributed by atoms with E-state index < -0.39 is 0 Å². The Bertz CT molecular complexity index is 1220. The average molecular weight is 646 g/mol. The van der Waals surface area contributed by atoms with Crippen LogP contribution in [0.1, 0.15) is 42.0 Å². The van der Waals surface area contributed by atoms with E-state index in [4.69, 9.17) is 21.1 Å². The molecule has 1 unspecified atom stereocenters. The summed E-state index contributed by atoms with van der Waals surface area (Å²) in [6.45, 7) is 4.21. The minimum atomic E-state index is -0.373. The predicted octanol–water partition coefficient (Wildman–Crippen LogP) is 8.23. The molecule has 8 heteroatoms. The first kappa shape index (κ1) is 38.0. The van der Waals surface area contributed by atoms with Crippen molar-refractivity contribution in [3.8, 4) is 5.75 Å². The molecule has 0 radical (unpaired) electrons. The Morgan fingerprint density at radius 2 is 1.26 bits per heavy atom. The molecular formula is C35H43Cl3N2O3. The molecule has 0 heterocycles. The molecule has 0 bridgehead atoms. The molecule has 0 saturated heterocycles. The van der Waals surface area contributed by atoms with Crippen LogP contribution in [0, 0.1) is 0 Å². The van der Waals surface area contributed by atoms with Crippen molar-refractivity contribution in [1.82, 2.24) is 10.2 Å². The van der Waals surface area contributed by atoms with Crippen LogP contribution in [0.4, 0.5) is 0 Å². The maximum atomic E-state index is 11.3. The highest BCUT2D eigenvalue weighted by Crippen LogP contribution is 2.27. The van der Waals surface area contributed by atoms with Crippen LogP contribution < -0.4 is 10.1 Å². The van der Waals surface area contributed by atoms with E-state index in [0.717, 1.165) is 13.0 Å². The van der Waals surface area contributed by atoms with Crippen molar-refractivity contribution in [3.05, 3.63) is 137 Å². The topological polar surface area (TPSA) is 50.8 Å². The van der Waals surface area contributed by atoms with Crippen LogP contribution in [0.3, 0.4) is 0 Å². The monoisotopic (exact) mass is 644 g/mol. The minimum Gasteiger partial charge on any atom is -0.482 e. The van der Waals surface area contributed by atoms with Crippen LogP contribution >= 0.6 is 36.4 Å². The zero-order chi connectivity index (χ0) is 29.3. The van der Waals surface area contributed by atoms with Crippen LogP contribution in [0.2, 0.25) is 5.02 Å². The number of benzene rings is 4. The number of hydrogen-bond acceptors (Lipinski definition) is 5. The molecule has 0 aliphatic rings. The van der Waals surface area contributed by atoms with Crippen molar-refractivity contribution in [2.24, 2.45) is 0 Å². The van der Waals surface area contributed by atoms with E-state index in [9.17, 15) is 4.79 Å². The third-order valence-electron chi connectivity index (χ3n) is 6.56. The summed E-state index contributed by atoms with van der Waals surface area (Å²) >= 11 is 5.72. The summed E-state index contributed by atoms with van der Waals surface area (Å²) in [5.74, 6) is 0.656. The average Bonchev–Trinajstić information content (AvgIpc) is 3.00. The van der Waals surface area contributed by atoms with E-state index in [1.165, 1.54) is 16.7 Å². The molecular weight excluding hydrogens is 603 g/mol. The third kappa shape index (κ3) is 14.8. The molecule has 5 nitrogen and oxygen atoms in total. The number of rotatable bonds is 13. The molecule has 4 aromatic carbocycles. The summed E-state index contributed by atoms with van der Waals surface area (Å²) in [6, 6.07) is 39.5. The molecule has 0 saturated carbocycles. The Morgan fingerprint density at radius 1 is 0.767 bits per heavy atom. The molecule has 43 heavy (non-hydrogen) atoms. The number of hydrogen-bond donors (Lipinski definition) is 1. The summed E-state index contributed by atoms with van der Waals surface area (Å²) in [6.07, 6.45) is 1.09. The Kier molecular flexibility index (Phi) is 19.1. The number of nitrogens with one attached hydrogen (secondary N) is 1. The Morgan fingerprint density at radius 3 is 1.74 bits per heavy atom. The second kappa shape index (κ2) is 21.6. The van der Waals surface area contributed by atoms with Crippen LogP contribution in [-0.2, 0) is 9.53 Å². The van der Waals surface area contributed by atoms with Crippen molar-refractivity contribution < 1.29 is 14.3 Å². The van der Waals surface area contributed by atoms with Gasteiger partial charge in [0, 0.05) is 23.5 Å². The Labute approximate surface area is 274 Å². The molecule has 0 amide bonds. The normalized spacial score (nSPS) is 10.9. The minimum absolute atomic E-state index is 0. The number of carbonyl (C=O) groups is 1. The third-order valence-corrected chi connectivity index (χ3v) is 6.81. The number of nitrogens with zero attached hydrogens (tertiary/aromatic N) is 1. The second-order valence-electron chi connectivity index (χ2n) is 10.0. The van der Waals surface area contributed by atoms with Gasteiger partial charge in [0.1, 0.15) is 12.4 Å². The van der Waals surface area contributed by atoms with Crippen LogP contribution in [0.5, 0.6) is 5.75 Å². The number of halogens is 3. The lowest BCUT2D eigenvalue weighted by Crippen LogP contribution is -2.22. The van der Waals surface area contributed by atoms with Crippen molar-refractivity contribution >= 4 is 42.4 Å². The van der Waals surface area contributed by atoms with Crippen molar-refractivity contribution in [2.75, 3.05) is 40.4 Å². The Hall–Kier alpha value is -3.06. The summed E-state index contributed by atoms with van der Waals surface area (Å²) in [4.78, 5) is 13.2. The SMILES string of the molecule is CC(NCCC(c1ccccc1)c1ccccc1)c1ccccc1.CN(C)CCOC(=O)COc1ccc(Cl)cc1.Cl.Cl. The number of carbonyl (C=O) groups excluding carboxylic acids is 1. The maximum Gasteiger partial charge on any atom is 0.344 e. The molecule has 1 atom stereocenters. The van der Waals surface area contributed by atoms with E-state index in [-0.39, 0.29) is 37.4 Å². The smallest absolute Gasteiger partial charge is 0.344 e. The molecule has 232 valence electrons. The van der Waals surface area contributed by atoms with Crippen LogP contribution in [0.25, 0.3) is 0 Å². The highest BCUT2D eigenvalue weighted by atomic mass is 35.5. The molecule has 0 fully saturated rings. The Balaban J connectivity index is 0.000000435. The fraction of sp³-hybridized carbons (Fsp3) is 0.286. The lowest BCUT2D eigenvalue weighted by Gasteiger charge is -2.20. The number of ether oxygens (including phenoxy) is 2. The van der Waals surface area contributed by atoms with Gasteiger partial charge in [0.15, 0.2) is 6.61 Å². The highest BCUT2D eigenvalue weighted by Gasteiger charge is 2.14. The van der Waals surface area contributed by atoms with Gasteiger partial charge in [-0.15, -0.1) is 24.8 Å². The summed E-state index contributed by atoms with van der Waals surface area (Å²) < 4.78 is 10.2. The van der Waals surface area contributed by atoms with Gasteiger partial charge in [-0.05, 0) is 74.9 Å². The second-order valence-corrected chi connectivity index (χ2v) is 10.5. The van der Waals surface area contributed by atoms with E-state index >= 15 is 0 Å². The first-order chi connectivity index (χ1) is 19.9. The predicted molar refractivity (Wildman–Crippen MR) is 183 cm³/mol. The lowest BCUT2D eigenvalue weighted by molar-refractivity contribution is -0.146. The van der Waals surface area contributed by atoms with Crippen molar-refractivity contribution in [3.63, 3.8) is 0 Å². The fourth-order valence-corrected chi connectivity index (χ4v) is 4.38. The first-order valence-corrected chi connectivity index (χ1v) is 14.4. The zero-order valence-corrected chi connectivity index (χ0v) is 27.4. The molecule has 0 spiro atoms.